The van der Waals surface area contributed by atoms with Gasteiger partial charge in [-0.2, -0.15) is 10.5 Å². The highest BCUT2D eigenvalue weighted by Gasteiger charge is 2.19. The minimum Gasteiger partial charge on any atom is -0.493 e. The molecule has 92 valence electrons. The Morgan fingerprint density at radius 1 is 1.06 bits per heavy atom. The summed E-state index contributed by atoms with van der Waals surface area (Å²) in [5.74, 6) is 1.08. The molecule has 0 heterocycles. The molecular formula is C13H12N2O3. The van der Waals surface area contributed by atoms with Gasteiger partial charge < -0.3 is 14.2 Å². The third kappa shape index (κ3) is 2.36. The topological polar surface area (TPSA) is 75.3 Å². The summed E-state index contributed by atoms with van der Waals surface area (Å²) in [7, 11) is 4.39. The van der Waals surface area contributed by atoms with Crippen molar-refractivity contribution in [2.75, 3.05) is 21.3 Å². The molecule has 0 unspecified atom stereocenters. The lowest BCUT2D eigenvalue weighted by molar-refractivity contribution is 0.323. The zero-order chi connectivity index (χ0) is 13.5. The Morgan fingerprint density at radius 3 is 2.17 bits per heavy atom. The molecule has 0 saturated heterocycles. The van der Waals surface area contributed by atoms with Crippen molar-refractivity contribution in [3.05, 3.63) is 23.3 Å². The first-order valence-corrected chi connectivity index (χ1v) is 5.02. The molecule has 0 aliphatic carbocycles. The minimum atomic E-state index is 0.289. The molecule has 1 aromatic rings. The van der Waals surface area contributed by atoms with E-state index in [4.69, 9.17) is 19.5 Å². The van der Waals surface area contributed by atoms with Gasteiger partial charge in [0.25, 0.3) is 0 Å². The smallest absolute Gasteiger partial charge is 0.204 e. The second kappa shape index (κ2) is 6.17. The highest BCUT2D eigenvalue weighted by atomic mass is 16.5. The molecule has 1 rings (SSSR count). The number of rotatable bonds is 4. The molecule has 0 amide bonds. The van der Waals surface area contributed by atoms with Gasteiger partial charge in [-0.05, 0) is 12.1 Å². The SMILES string of the molecule is COc1cc(/C=C/C#N)c(C#N)c(OC)c1OC. The maximum Gasteiger partial charge on any atom is 0.204 e. The Morgan fingerprint density at radius 2 is 1.72 bits per heavy atom. The standard InChI is InChI=1S/C13H12N2O3/c1-16-11-7-9(5-4-6-14)10(8-15)12(17-2)13(11)18-3/h4-5,7H,1-3H3/b5-4+. The molecule has 0 aromatic heterocycles. The van der Waals surface area contributed by atoms with Gasteiger partial charge in [-0.15, -0.1) is 0 Å². The van der Waals surface area contributed by atoms with E-state index in [1.807, 2.05) is 12.1 Å². The lowest BCUT2D eigenvalue weighted by atomic mass is 10.1. The van der Waals surface area contributed by atoms with Crippen LogP contribution in [0.4, 0.5) is 0 Å². The van der Waals surface area contributed by atoms with Crippen LogP contribution in [0, 0.1) is 22.7 Å². The zero-order valence-corrected chi connectivity index (χ0v) is 10.4. The number of hydrogen-bond acceptors (Lipinski definition) is 5. The normalized spacial score (nSPS) is 9.61. The Balaban J connectivity index is 3.60. The van der Waals surface area contributed by atoms with E-state index in [0.29, 0.717) is 22.6 Å². The molecular weight excluding hydrogens is 232 g/mol. The van der Waals surface area contributed by atoms with Crippen molar-refractivity contribution >= 4 is 6.08 Å². The number of ether oxygens (including phenoxy) is 3. The number of benzene rings is 1. The van der Waals surface area contributed by atoms with Crippen LogP contribution in [0.3, 0.4) is 0 Å². The van der Waals surface area contributed by atoms with Crippen LogP contribution in [-0.4, -0.2) is 21.3 Å². The predicted molar refractivity (Wildman–Crippen MR) is 65.5 cm³/mol. The molecule has 0 saturated carbocycles. The first-order chi connectivity index (χ1) is 8.73. The van der Waals surface area contributed by atoms with Gasteiger partial charge >= 0.3 is 0 Å². The molecule has 0 N–H and O–H groups in total. The molecule has 18 heavy (non-hydrogen) atoms. The molecule has 0 spiro atoms. The van der Waals surface area contributed by atoms with Crippen LogP contribution in [0.1, 0.15) is 11.1 Å². The lowest BCUT2D eigenvalue weighted by Crippen LogP contribution is -1.99. The van der Waals surface area contributed by atoms with E-state index in [2.05, 4.69) is 0 Å². The third-order valence-electron chi connectivity index (χ3n) is 2.31. The van der Waals surface area contributed by atoms with Gasteiger partial charge in [-0.3, -0.25) is 0 Å². The molecule has 5 nitrogen and oxygen atoms in total. The lowest BCUT2D eigenvalue weighted by Gasteiger charge is -2.14. The van der Waals surface area contributed by atoms with E-state index in [1.165, 1.54) is 33.5 Å². The van der Waals surface area contributed by atoms with Crippen LogP contribution >= 0.6 is 0 Å². The van der Waals surface area contributed by atoms with Gasteiger partial charge in [0.1, 0.15) is 11.6 Å². The Hall–Kier alpha value is -2.66. The number of nitrogens with zero attached hydrogens (tertiary/aromatic N) is 2. The number of nitriles is 2. The Bertz CT molecular complexity index is 551. The highest BCUT2D eigenvalue weighted by Crippen LogP contribution is 2.41. The second-order valence-electron chi connectivity index (χ2n) is 3.18. The fourth-order valence-electron chi connectivity index (χ4n) is 1.55. The van der Waals surface area contributed by atoms with Gasteiger partial charge in [-0.1, -0.05) is 0 Å². The van der Waals surface area contributed by atoms with Crippen LogP contribution in [0.25, 0.3) is 6.08 Å². The summed E-state index contributed by atoms with van der Waals surface area (Å²) in [4.78, 5) is 0. The van der Waals surface area contributed by atoms with Crippen LogP contribution in [0.2, 0.25) is 0 Å². The fourth-order valence-corrected chi connectivity index (χ4v) is 1.55. The largest absolute Gasteiger partial charge is 0.493 e. The van der Waals surface area contributed by atoms with E-state index in [9.17, 15) is 5.26 Å². The van der Waals surface area contributed by atoms with Crippen molar-refractivity contribution in [2.45, 2.75) is 0 Å². The van der Waals surface area contributed by atoms with E-state index in [-0.39, 0.29) is 5.75 Å². The van der Waals surface area contributed by atoms with Crippen LogP contribution in [0.5, 0.6) is 17.2 Å². The van der Waals surface area contributed by atoms with E-state index >= 15 is 0 Å². The number of hydrogen-bond donors (Lipinski definition) is 0. The average Bonchev–Trinajstić information content (AvgIpc) is 2.42. The molecule has 0 aliphatic heterocycles. The van der Waals surface area contributed by atoms with Crippen LogP contribution in [-0.2, 0) is 0 Å². The van der Waals surface area contributed by atoms with Gasteiger partial charge in [0, 0.05) is 11.6 Å². The summed E-state index contributed by atoms with van der Waals surface area (Å²) in [6, 6.07) is 5.52. The van der Waals surface area contributed by atoms with Crippen molar-refractivity contribution in [1.29, 1.82) is 10.5 Å². The number of methoxy groups -OCH3 is 3. The maximum atomic E-state index is 9.17. The van der Waals surface area contributed by atoms with E-state index in [0.717, 1.165) is 0 Å². The monoisotopic (exact) mass is 244 g/mol. The third-order valence-corrected chi connectivity index (χ3v) is 2.31. The quantitative estimate of drug-likeness (QED) is 0.758. The minimum absolute atomic E-state index is 0.289. The van der Waals surface area contributed by atoms with Gasteiger partial charge in [0.05, 0.1) is 27.4 Å². The molecule has 0 radical (unpaired) electrons. The summed E-state index contributed by atoms with van der Waals surface area (Å²) in [6.07, 6.45) is 2.80. The summed E-state index contributed by atoms with van der Waals surface area (Å²) in [6.45, 7) is 0. The number of allylic oxidation sites excluding steroid dienone is 1. The van der Waals surface area contributed by atoms with Crippen molar-refractivity contribution in [3.8, 4) is 29.4 Å². The molecule has 0 bridgehead atoms. The van der Waals surface area contributed by atoms with Crippen molar-refractivity contribution in [1.82, 2.24) is 0 Å². The van der Waals surface area contributed by atoms with E-state index in [1.54, 1.807) is 6.07 Å². The molecule has 0 aliphatic rings. The second-order valence-corrected chi connectivity index (χ2v) is 3.18. The Kier molecular flexibility index (Phi) is 4.59. The van der Waals surface area contributed by atoms with Crippen molar-refractivity contribution in [3.63, 3.8) is 0 Å². The summed E-state index contributed by atoms with van der Waals surface area (Å²) < 4.78 is 15.5. The summed E-state index contributed by atoms with van der Waals surface area (Å²) >= 11 is 0. The fraction of sp³-hybridized carbons (Fsp3) is 0.231. The van der Waals surface area contributed by atoms with Crippen molar-refractivity contribution in [2.24, 2.45) is 0 Å². The molecule has 5 heteroatoms. The maximum absolute atomic E-state index is 9.17. The summed E-state index contributed by atoms with van der Waals surface area (Å²) in [5, 5.41) is 17.7. The predicted octanol–water partition coefficient (Wildman–Crippen LogP) is 2.12. The first-order valence-electron chi connectivity index (χ1n) is 5.02. The van der Waals surface area contributed by atoms with E-state index < -0.39 is 0 Å². The highest BCUT2D eigenvalue weighted by molar-refractivity contribution is 5.71. The van der Waals surface area contributed by atoms with Crippen molar-refractivity contribution < 1.29 is 14.2 Å². The van der Waals surface area contributed by atoms with Gasteiger partial charge in [0.15, 0.2) is 11.5 Å². The zero-order valence-electron chi connectivity index (χ0n) is 10.4. The molecule has 0 fully saturated rings. The van der Waals surface area contributed by atoms with Gasteiger partial charge in [-0.25, -0.2) is 0 Å². The van der Waals surface area contributed by atoms with Gasteiger partial charge in [0.2, 0.25) is 5.75 Å². The first kappa shape index (κ1) is 13.4. The molecule has 1 aromatic carbocycles. The van der Waals surface area contributed by atoms with Crippen LogP contribution < -0.4 is 14.2 Å². The molecule has 0 atom stereocenters. The average molecular weight is 244 g/mol. The summed E-state index contributed by atoms with van der Waals surface area (Å²) in [5.41, 5.74) is 0.829. The van der Waals surface area contributed by atoms with Crippen LogP contribution in [0.15, 0.2) is 12.1 Å². The Labute approximate surface area is 105 Å².